The Kier molecular flexibility index (Phi) is 9.15. The molecule has 2 N–H and O–H groups in total. The quantitative estimate of drug-likeness (QED) is 0.433. The van der Waals surface area contributed by atoms with Crippen molar-refractivity contribution in [3.8, 4) is 0 Å². The van der Waals surface area contributed by atoms with Crippen LogP contribution in [0, 0.1) is 6.92 Å². The van der Waals surface area contributed by atoms with Gasteiger partial charge < -0.3 is 5.32 Å². The van der Waals surface area contributed by atoms with Crippen LogP contribution in [0.25, 0.3) is 6.08 Å². The minimum Gasteiger partial charge on any atom is -0.362 e. The van der Waals surface area contributed by atoms with Gasteiger partial charge >= 0.3 is 0 Å². The number of hydrogen-bond donors (Lipinski definition) is 2. The number of hydrogen-bond acceptors (Lipinski definition) is 2. The molecular formula is C18H26N2OS. The SMILES string of the molecule is CCCCCCCNC(=S)NC(=O)/C=C/c1ccc(C)cc1. The fourth-order valence-corrected chi connectivity index (χ4v) is 2.18. The molecule has 0 saturated carbocycles. The Labute approximate surface area is 139 Å². The molecular weight excluding hydrogens is 292 g/mol. The number of rotatable bonds is 8. The molecule has 4 heteroatoms. The summed E-state index contributed by atoms with van der Waals surface area (Å²) in [4.78, 5) is 11.7. The first-order valence-corrected chi connectivity index (χ1v) is 8.36. The van der Waals surface area contributed by atoms with Crippen molar-refractivity contribution in [1.29, 1.82) is 0 Å². The summed E-state index contributed by atoms with van der Waals surface area (Å²) in [6, 6.07) is 7.99. The van der Waals surface area contributed by atoms with Crippen molar-refractivity contribution in [2.75, 3.05) is 6.54 Å². The largest absolute Gasteiger partial charge is 0.362 e. The first-order valence-electron chi connectivity index (χ1n) is 7.95. The highest BCUT2D eigenvalue weighted by Crippen LogP contribution is 2.04. The normalized spacial score (nSPS) is 10.6. The van der Waals surface area contributed by atoms with Crippen molar-refractivity contribution in [3.63, 3.8) is 0 Å². The minimum atomic E-state index is -0.205. The monoisotopic (exact) mass is 318 g/mol. The first kappa shape index (κ1) is 18.4. The van der Waals surface area contributed by atoms with E-state index < -0.39 is 0 Å². The molecule has 0 atom stereocenters. The molecule has 1 amide bonds. The molecule has 0 bridgehead atoms. The second-order valence-corrected chi connectivity index (χ2v) is 5.81. The average molecular weight is 318 g/mol. The van der Waals surface area contributed by atoms with Crippen LogP contribution in [0.2, 0.25) is 0 Å². The Morgan fingerprint density at radius 2 is 1.82 bits per heavy atom. The highest BCUT2D eigenvalue weighted by Gasteiger charge is 2.00. The third-order valence-electron chi connectivity index (χ3n) is 3.31. The molecule has 1 rings (SSSR count). The lowest BCUT2D eigenvalue weighted by Gasteiger charge is -2.07. The third kappa shape index (κ3) is 8.57. The number of aryl methyl sites for hydroxylation is 1. The predicted molar refractivity (Wildman–Crippen MR) is 97.7 cm³/mol. The van der Waals surface area contributed by atoms with Gasteiger partial charge in [-0.3, -0.25) is 10.1 Å². The van der Waals surface area contributed by atoms with E-state index >= 15 is 0 Å². The highest BCUT2D eigenvalue weighted by molar-refractivity contribution is 7.80. The molecule has 0 aromatic heterocycles. The van der Waals surface area contributed by atoms with Crippen LogP contribution < -0.4 is 10.6 Å². The number of unbranched alkanes of at least 4 members (excludes halogenated alkanes) is 4. The van der Waals surface area contributed by atoms with Gasteiger partial charge in [0.1, 0.15) is 0 Å². The fourth-order valence-electron chi connectivity index (χ4n) is 1.98. The topological polar surface area (TPSA) is 41.1 Å². The number of nitrogens with one attached hydrogen (secondary N) is 2. The molecule has 120 valence electrons. The van der Waals surface area contributed by atoms with E-state index in [0.29, 0.717) is 5.11 Å². The van der Waals surface area contributed by atoms with E-state index in [-0.39, 0.29) is 5.91 Å². The lowest BCUT2D eigenvalue weighted by atomic mass is 10.1. The summed E-state index contributed by atoms with van der Waals surface area (Å²) < 4.78 is 0. The maximum atomic E-state index is 11.7. The second kappa shape index (κ2) is 11.0. The van der Waals surface area contributed by atoms with Crippen molar-refractivity contribution in [1.82, 2.24) is 10.6 Å². The first-order chi connectivity index (χ1) is 10.6. The summed E-state index contributed by atoms with van der Waals surface area (Å²) in [5.41, 5.74) is 2.20. The maximum absolute atomic E-state index is 11.7. The van der Waals surface area contributed by atoms with Gasteiger partial charge in [-0.05, 0) is 37.2 Å². The van der Waals surface area contributed by atoms with Gasteiger partial charge in [0.2, 0.25) is 5.91 Å². The zero-order valence-electron chi connectivity index (χ0n) is 13.5. The summed E-state index contributed by atoms with van der Waals surface area (Å²) in [6.07, 6.45) is 9.35. The molecule has 3 nitrogen and oxygen atoms in total. The van der Waals surface area contributed by atoms with Crippen molar-refractivity contribution < 1.29 is 4.79 Å². The molecule has 0 aliphatic carbocycles. The summed E-state index contributed by atoms with van der Waals surface area (Å²) in [5.74, 6) is -0.205. The molecule has 0 radical (unpaired) electrons. The van der Waals surface area contributed by atoms with Gasteiger partial charge in [-0.15, -0.1) is 0 Å². The zero-order valence-corrected chi connectivity index (χ0v) is 14.3. The van der Waals surface area contributed by atoms with Crippen LogP contribution in [0.1, 0.15) is 50.2 Å². The number of thiocarbonyl (C=S) groups is 1. The van der Waals surface area contributed by atoms with Crippen LogP contribution >= 0.6 is 12.2 Å². The van der Waals surface area contributed by atoms with E-state index in [1.54, 1.807) is 6.08 Å². The molecule has 0 unspecified atom stereocenters. The Morgan fingerprint density at radius 3 is 2.50 bits per heavy atom. The second-order valence-electron chi connectivity index (χ2n) is 5.40. The average Bonchev–Trinajstić information content (AvgIpc) is 2.50. The summed E-state index contributed by atoms with van der Waals surface area (Å²) in [5, 5.41) is 6.12. The molecule has 22 heavy (non-hydrogen) atoms. The van der Waals surface area contributed by atoms with E-state index in [4.69, 9.17) is 12.2 Å². The number of carbonyl (C=O) groups is 1. The lowest BCUT2D eigenvalue weighted by Crippen LogP contribution is -2.38. The Balaban J connectivity index is 2.21. The van der Waals surface area contributed by atoms with Crippen molar-refractivity contribution in [2.45, 2.75) is 46.0 Å². The predicted octanol–water partition coefficient (Wildman–Crippen LogP) is 3.97. The lowest BCUT2D eigenvalue weighted by molar-refractivity contribution is -0.115. The van der Waals surface area contributed by atoms with Gasteiger partial charge in [-0.1, -0.05) is 62.4 Å². The highest BCUT2D eigenvalue weighted by atomic mass is 32.1. The molecule has 0 aliphatic heterocycles. The van der Waals surface area contributed by atoms with Crippen LogP contribution in [-0.4, -0.2) is 17.6 Å². The van der Waals surface area contributed by atoms with Gasteiger partial charge in [0.25, 0.3) is 0 Å². The summed E-state index contributed by atoms with van der Waals surface area (Å²) >= 11 is 5.10. The van der Waals surface area contributed by atoms with Crippen molar-refractivity contribution in [3.05, 3.63) is 41.5 Å². The Morgan fingerprint density at radius 1 is 1.14 bits per heavy atom. The zero-order chi connectivity index (χ0) is 16.2. The molecule has 1 aromatic rings. The third-order valence-corrected chi connectivity index (χ3v) is 3.55. The van der Waals surface area contributed by atoms with Crippen LogP contribution in [-0.2, 0) is 4.79 Å². The number of amides is 1. The van der Waals surface area contributed by atoms with Crippen LogP contribution in [0.4, 0.5) is 0 Å². The maximum Gasteiger partial charge on any atom is 0.250 e. The summed E-state index contributed by atoms with van der Waals surface area (Å²) in [6.45, 7) is 5.05. The molecule has 0 aliphatic rings. The van der Waals surface area contributed by atoms with E-state index in [2.05, 4.69) is 17.6 Å². The van der Waals surface area contributed by atoms with Gasteiger partial charge in [0.15, 0.2) is 5.11 Å². The smallest absolute Gasteiger partial charge is 0.250 e. The van der Waals surface area contributed by atoms with Crippen LogP contribution in [0.5, 0.6) is 0 Å². The minimum absolute atomic E-state index is 0.205. The number of carbonyl (C=O) groups excluding carboxylic acids is 1. The molecule has 1 aromatic carbocycles. The van der Waals surface area contributed by atoms with Gasteiger partial charge in [0.05, 0.1) is 0 Å². The van der Waals surface area contributed by atoms with Crippen molar-refractivity contribution >= 4 is 29.3 Å². The van der Waals surface area contributed by atoms with Gasteiger partial charge in [-0.25, -0.2) is 0 Å². The molecule has 0 heterocycles. The van der Waals surface area contributed by atoms with E-state index in [0.717, 1.165) is 18.5 Å². The van der Waals surface area contributed by atoms with E-state index in [1.807, 2.05) is 31.2 Å². The summed E-state index contributed by atoms with van der Waals surface area (Å²) in [7, 11) is 0. The molecule has 0 saturated heterocycles. The van der Waals surface area contributed by atoms with Gasteiger partial charge in [0, 0.05) is 12.6 Å². The van der Waals surface area contributed by atoms with Crippen molar-refractivity contribution in [2.24, 2.45) is 0 Å². The van der Waals surface area contributed by atoms with E-state index in [9.17, 15) is 4.79 Å². The Hall–Kier alpha value is -1.68. The van der Waals surface area contributed by atoms with Crippen LogP contribution in [0.3, 0.4) is 0 Å². The van der Waals surface area contributed by atoms with E-state index in [1.165, 1.54) is 37.3 Å². The number of benzene rings is 1. The fraction of sp³-hybridized carbons (Fsp3) is 0.444. The molecule has 0 spiro atoms. The van der Waals surface area contributed by atoms with Crippen LogP contribution in [0.15, 0.2) is 30.3 Å². The standard InChI is InChI=1S/C18H26N2OS/c1-3-4-5-6-7-14-19-18(22)20-17(21)13-12-16-10-8-15(2)9-11-16/h8-13H,3-7,14H2,1-2H3,(H2,19,20,21,22)/b13-12+. The molecule has 0 fully saturated rings. The van der Waals surface area contributed by atoms with Gasteiger partial charge in [-0.2, -0.15) is 0 Å². The Bertz CT molecular complexity index is 494.